The molecule has 8 heteroatoms. The SMILES string of the molecule is CC1CCC(N(c2cccc3cc(C4=NCCS4)[nH]c23)N(c2cccc3cc(C4=NCCS4)[nH]c23)C2CCC(C)CC2)CC1. The van der Waals surface area contributed by atoms with Crippen molar-refractivity contribution in [3.05, 3.63) is 59.9 Å². The fourth-order valence-electron chi connectivity index (χ4n) is 7.84. The Morgan fingerprint density at radius 3 is 1.43 bits per heavy atom. The standard InChI is InChI=1S/C36H44N6S2/c1-23-9-13-27(14-10-23)41(31-7-3-5-25-21-29(39-33(25)31)35-37-17-19-43-35)42(28-15-11-24(2)12-16-28)32-8-4-6-26-22-30(40-34(26)32)36-38-18-20-44-36/h3-8,21-24,27-28,39-40H,9-20H2,1-2H3. The van der Waals surface area contributed by atoms with Crippen molar-refractivity contribution < 1.29 is 0 Å². The molecule has 2 aliphatic heterocycles. The van der Waals surface area contributed by atoms with Gasteiger partial charge in [0, 0.05) is 35.4 Å². The zero-order valence-electron chi connectivity index (χ0n) is 26.0. The van der Waals surface area contributed by atoms with Gasteiger partial charge >= 0.3 is 0 Å². The molecule has 0 atom stereocenters. The Bertz CT molecular complexity index is 1580. The minimum absolute atomic E-state index is 0.445. The van der Waals surface area contributed by atoms with Crippen molar-refractivity contribution in [2.24, 2.45) is 21.8 Å². The molecular weight excluding hydrogens is 581 g/mol. The van der Waals surface area contributed by atoms with Crippen LogP contribution in [0.15, 0.2) is 58.5 Å². The molecule has 4 aliphatic rings. The van der Waals surface area contributed by atoms with Crippen LogP contribution in [0.4, 0.5) is 11.4 Å². The van der Waals surface area contributed by atoms with Crippen LogP contribution >= 0.6 is 23.5 Å². The molecule has 0 bridgehead atoms. The van der Waals surface area contributed by atoms with E-state index in [1.54, 1.807) is 0 Å². The van der Waals surface area contributed by atoms with Gasteiger partial charge in [-0.1, -0.05) is 38.1 Å². The molecule has 0 radical (unpaired) electrons. The summed E-state index contributed by atoms with van der Waals surface area (Å²) in [6, 6.07) is 19.3. The number of nitrogens with zero attached hydrogens (tertiary/aromatic N) is 4. The second kappa shape index (κ2) is 12.2. The molecule has 2 fully saturated rings. The van der Waals surface area contributed by atoms with Crippen molar-refractivity contribution in [1.29, 1.82) is 0 Å². The Morgan fingerprint density at radius 2 is 1.05 bits per heavy atom. The molecule has 0 amide bonds. The predicted molar refractivity (Wildman–Crippen MR) is 192 cm³/mol. The number of rotatable bonds is 7. The van der Waals surface area contributed by atoms with Crippen LogP contribution in [0.2, 0.25) is 0 Å². The van der Waals surface area contributed by atoms with E-state index in [4.69, 9.17) is 9.98 Å². The van der Waals surface area contributed by atoms with Crippen LogP contribution in [0, 0.1) is 11.8 Å². The molecule has 0 unspecified atom stereocenters. The maximum absolute atomic E-state index is 4.82. The number of aromatic amines is 2. The predicted octanol–water partition coefficient (Wildman–Crippen LogP) is 9.02. The summed E-state index contributed by atoms with van der Waals surface area (Å²) in [4.78, 5) is 17.4. The molecule has 2 aliphatic carbocycles. The van der Waals surface area contributed by atoms with Crippen LogP contribution in [0.1, 0.15) is 76.6 Å². The summed E-state index contributed by atoms with van der Waals surface area (Å²) >= 11 is 3.75. The second-order valence-electron chi connectivity index (χ2n) is 13.4. The quantitative estimate of drug-likeness (QED) is 0.202. The van der Waals surface area contributed by atoms with E-state index < -0.39 is 0 Å². The van der Waals surface area contributed by atoms with Gasteiger partial charge in [-0.05, 0) is 87.5 Å². The molecular formula is C36H44N6S2. The lowest BCUT2D eigenvalue weighted by Crippen LogP contribution is -2.56. The third kappa shape index (κ3) is 5.36. The van der Waals surface area contributed by atoms with Crippen LogP contribution in [-0.4, -0.2) is 56.7 Å². The molecule has 2 N–H and O–H groups in total. The lowest BCUT2D eigenvalue weighted by Gasteiger charge is -2.50. The largest absolute Gasteiger partial charge is 0.351 e. The lowest BCUT2D eigenvalue weighted by molar-refractivity contribution is 0.295. The number of aromatic nitrogens is 2. The minimum atomic E-state index is 0.445. The first-order chi connectivity index (χ1) is 21.6. The van der Waals surface area contributed by atoms with Gasteiger partial charge in [0.25, 0.3) is 0 Å². The molecule has 2 saturated carbocycles. The number of hydrogen-bond donors (Lipinski definition) is 2. The Morgan fingerprint density at radius 1 is 0.614 bits per heavy atom. The molecule has 0 spiro atoms. The Labute approximate surface area is 269 Å². The normalized spacial score (nSPS) is 25.9. The molecule has 230 valence electrons. The monoisotopic (exact) mass is 624 g/mol. The van der Waals surface area contributed by atoms with Crippen LogP contribution in [0.5, 0.6) is 0 Å². The van der Waals surface area contributed by atoms with Crippen molar-refractivity contribution in [2.75, 3.05) is 34.6 Å². The third-order valence-corrected chi connectivity index (χ3v) is 12.3. The third-order valence-electron chi connectivity index (χ3n) is 10.3. The first-order valence-electron chi connectivity index (χ1n) is 16.8. The molecule has 2 aromatic carbocycles. The number of benzene rings is 2. The van der Waals surface area contributed by atoms with Crippen LogP contribution in [0.3, 0.4) is 0 Å². The summed E-state index contributed by atoms with van der Waals surface area (Å²) in [6.45, 7) is 6.69. The van der Waals surface area contributed by atoms with E-state index >= 15 is 0 Å². The molecule has 4 heterocycles. The van der Waals surface area contributed by atoms with E-state index in [-0.39, 0.29) is 0 Å². The first kappa shape index (κ1) is 28.6. The van der Waals surface area contributed by atoms with Crippen molar-refractivity contribution in [3.8, 4) is 0 Å². The number of hydrogen-bond acceptors (Lipinski definition) is 6. The number of nitrogens with one attached hydrogen (secondary N) is 2. The van der Waals surface area contributed by atoms with Gasteiger partial charge in [0.2, 0.25) is 0 Å². The molecule has 0 saturated heterocycles. The van der Waals surface area contributed by atoms with E-state index in [0.717, 1.165) is 57.9 Å². The van der Waals surface area contributed by atoms with Gasteiger partial charge < -0.3 is 9.97 Å². The summed E-state index contributed by atoms with van der Waals surface area (Å²) in [5, 5.41) is 10.4. The number of fused-ring (bicyclic) bond motifs is 2. The zero-order chi connectivity index (χ0) is 29.6. The zero-order valence-corrected chi connectivity index (χ0v) is 27.7. The topological polar surface area (TPSA) is 62.8 Å². The van der Waals surface area contributed by atoms with E-state index in [0.29, 0.717) is 12.1 Å². The summed E-state index contributed by atoms with van der Waals surface area (Å²) in [5.41, 5.74) is 7.40. The van der Waals surface area contributed by atoms with Crippen molar-refractivity contribution >= 4 is 66.8 Å². The van der Waals surface area contributed by atoms with Gasteiger partial charge in [-0.2, -0.15) is 0 Å². The van der Waals surface area contributed by atoms with Gasteiger partial charge in [0.05, 0.1) is 45.9 Å². The van der Waals surface area contributed by atoms with Gasteiger partial charge in [0.1, 0.15) is 10.1 Å². The average Bonchev–Trinajstić information content (AvgIpc) is 3.87. The summed E-state index contributed by atoms with van der Waals surface area (Å²) in [7, 11) is 0. The van der Waals surface area contributed by atoms with Crippen LogP contribution in [0.25, 0.3) is 21.8 Å². The first-order valence-corrected chi connectivity index (χ1v) is 18.8. The van der Waals surface area contributed by atoms with Gasteiger partial charge in [-0.3, -0.25) is 20.0 Å². The van der Waals surface area contributed by atoms with Crippen molar-refractivity contribution in [3.63, 3.8) is 0 Å². The number of anilines is 2. The fraction of sp³-hybridized carbons (Fsp3) is 0.500. The molecule has 8 rings (SSSR count). The van der Waals surface area contributed by atoms with Gasteiger partial charge in [-0.15, -0.1) is 23.5 Å². The lowest BCUT2D eigenvalue weighted by atomic mass is 9.85. The maximum Gasteiger partial charge on any atom is 0.114 e. The maximum atomic E-state index is 4.82. The molecule has 44 heavy (non-hydrogen) atoms. The van der Waals surface area contributed by atoms with E-state index in [1.165, 1.54) is 84.5 Å². The minimum Gasteiger partial charge on any atom is -0.351 e. The fourth-order valence-corrected chi connectivity index (χ4v) is 9.49. The second-order valence-corrected chi connectivity index (χ2v) is 15.6. The summed E-state index contributed by atoms with van der Waals surface area (Å²) < 4.78 is 0. The Balaban J connectivity index is 1.31. The highest BCUT2D eigenvalue weighted by Gasteiger charge is 2.36. The van der Waals surface area contributed by atoms with Gasteiger partial charge in [-0.25, -0.2) is 0 Å². The van der Waals surface area contributed by atoms with Crippen LogP contribution < -0.4 is 10.0 Å². The molecule has 4 aromatic rings. The highest BCUT2D eigenvalue weighted by atomic mass is 32.2. The number of para-hydroxylation sites is 2. The van der Waals surface area contributed by atoms with Crippen molar-refractivity contribution in [2.45, 2.75) is 77.3 Å². The Hall–Kier alpha value is -2.84. The van der Waals surface area contributed by atoms with E-state index in [9.17, 15) is 0 Å². The van der Waals surface area contributed by atoms with E-state index in [1.807, 2.05) is 23.5 Å². The average molecular weight is 625 g/mol. The van der Waals surface area contributed by atoms with Crippen molar-refractivity contribution in [1.82, 2.24) is 9.97 Å². The highest BCUT2D eigenvalue weighted by Crippen LogP contribution is 2.42. The van der Waals surface area contributed by atoms with Gasteiger partial charge in [0.15, 0.2) is 0 Å². The van der Waals surface area contributed by atoms with E-state index in [2.05, 4.69) is 82.4 Å². The van der Waals surface area contributed by atoms with Crippen LogP contribution in [-0.2, 0) is 0 Å². The molecule has 2 aromatic heterocycles. The summed E-state index contributed by atoms with van der Waals surface area (Å²) in [5.74, 6) is 3.73. The Kier molecular flexibility index (Phi) is 7.91. The molecule has 6 nitrogen and oxygen atoms in total. The highest BCUT2D eigenvalue weighted by molar-refractivity contribution is 8.15. The number of hydrazine groups is 1. The smallest absolute Gasteiger partial charge is 0.114 e. The number of H-pyrrole nitrogens is 2. The number of thioether (sulfide) groups is 2. The summed E-state index contributed by atoms with van der Waals surface area (Å²) in [6.07, 6.45) is 9.99. The number of aliphatic imine (C=N–C) groups is 2.